The van der Waals surface area contributed by atoms with E-state index in [4.69, 9.17) is 10.5 Å². The van der Waals surface area contributed by atoms with Gasteiger partial charge in [0.2, 0.25) is 0 Å². The van der Waals surface area contributed by atoms with Gasteiger partial charge in [-0.3, -0.25) is 0 Å². The molecule has 3 nitrogen and oxygen atoms in total. The Morgan fingerprint density at radius 2 is 1.71 bits per heavy atom. The molecule has 2 atom stereocenters. The number of rotatable bonds is 4. The first-order valence-corrected chi connectivity index (χ1v) is 7.33. The Bertz CT molecular complexity index is 622. The number of aliphatic hydroxyl groups is 1. The minimum absolute atomic E-state index is 0.0917. The Morgan fingerprint density at radius 3 is 2.43 bits per heavy atom. The van der Waals surface area contributed by atoms with Crippen LogP contribution in [0.25, 0.3) is 0 Å². The van der Waals surface area contributed by atoms with Gasteiger partial charge in [-0.1, -0.05) is 48.0 Å². The summed E-state index contributed by atoms with van der Waals surface area (Å²) in [5.41, 5.74) is 11.5. The van der Waals surface area contributed by atoms with Gasteiger partial charge in [0.25, 0.3) is 0 Å². The third-order valence-corrected chi connectivity index (χ3v) is 4.23. The first kappa shape index (κ1) is 14.3. The van der Waals surface area contributed by atoms with E-state index >= 15 is 0 Å². The summed E-state index contributed by atoms with van der Waals surface area (Å²) in [7, 11) is 0. The Morgan fingerprint density at radius 1 is 1.05 bits per heavy atom. The molecule has 3 N–H and O–H groups in total. The molecule has 2 aromatic rings. The summed E-state index contributed by atoms with van der Waals surface area (Å²) in [6, 6.07) is 14.3. The van der Waals surface area contributed by atoms with Crippen LogP contribution in [0.4, 0.5) is 0 Å². The summed E-state index contributed by atoms with van der Waals surface area (Å²) >= 11 is 0. The van der Waals surface area contributed by atoms with Gasteiger partial charge in [-0.05, 0) is 29.2 Å². The number of hydrogen-bond donors (Lipinski definition) is 2. The van der Waals surface area contributed by atoms with E-state index in [0.29, 0.717) is 19.8 Å². The predicted molar refractivity (Wildman–Crippen MR) is 82.9 cm³/mol. The molecule has 0 amide bonds. The summed E-state index contributed by atoms with van der Waals surface area (Å²) in [6.07, 6.45) is -0.594. The maximum Gasteiger partial charge on any atom is 0.0870 e. The van der Waals surface area contributed by atoms with Crippen LogP contribution in [-0.4, -0.2) is 11.7 Å². The van der Waals surface area contributed by atoms with Gasteiger partial charge in [0.1, 0.15) is 0 Å². The lowest BCUT2D eigenvalue weighted by molar-refractivity contribution is 0.134. The van der Waals surface area contributed by atoms with Crippen molar-refractivity contribution in [2.24, 2.45) is 5.73 Å². The van der Waals surface area contributed by atoms with Crippen LogP contribution in [0.15, 0.2) is 42.5 Å². The van der Waals surface area contributed by atoms with Gasteiger partial charge in [0, 0.05) is 12.5 Å². The van der Waals surface area contributed by atoms with Gasteiger partial charge in [0.05, 0.1) is 19.3 Å². The van der Waals surface area contributed by atoms with Crippen LogP contribution in [0.2, 0.25) is 0 Å². The summed E-state index contributed by atoms with van der Waals surface area (Å²) in [5.74, 6) is -0.0917. The maximum atomic E-state index is 10.7. The zero-order chi connectivity index (χ0) is 14.8. The van der Waals surface area contributed by atoms with Crippen molar-refractivity contribution in [2.45, 2.75) is 32.2 Å². The molecule has 1 heterocycles. The minimum atomic E-state index is -0.594. The first-order chi connectivity index (χ1) is 10.2. The van der Waals surface area contributed by atoms with Gasteiger partial charge in [-0.25, -0.2) is 0 Å². The van der Waals surface area contributed by atoms with E-state index < -0.39 is 6.10 Å². The van der Waals surface area contributed by atoms with Crippen LogP contribution in [-0.2, 0) is 18.0 Å². The molecule has 1 aliphatic rings. The van der Waals surface area contributed by atoms with Crippen LogP contribution in [0, 0.1) is 6.92 Å². The summed E-state index contributed by atoms with van der Waals surface area (Å²) in [6.45, 7) is 3.77. The highest BCUT2D eigenvalue weighted by Crippen LogP contribution is 2.32. The lowest BCUT2D eigenvalue weighted by atomic mass is 9.88. The molecule has 0 saturated heterocycles. The molecule has 0 saturated carbocycles. The van der Waals surface area contributed by atoms with Crippen LogP contribution < -0.4 is 5.73 Å². The molecule has 0 spiro atoms. The molecule has 2 aromatic carbocycles. The maximum absolute atomic E-state index is 10.7. The van der Waals surface area contributed by atoms with E-state index in [0.717, 1.165) is 11.1 Å². The summed E-state index contributed by atoms with van der Waals surface area (Å²) in [5, 5.41) is 10.7. The second-order valence-corrected chi connectivity index (χ2v) is 5.72. The second kappa shape index (κ2) is 5.98. The second-order valence-electron chi connectivity index (χ2n) is 5.72. The largest absolute Gasteiger partial charge is 0.388 e. The van der Waals surface area contributed by atoms with Crippen LogP contribution in [0.1, 0.15) is 39.8 Å². The number of aliphatic hydroxyl groups excluding tert-OH is 1. The average Bonchev–Trinajstić information content (AvgIpc) is 2.97. The van der Waals surface area contributed by atoms with Crippen molar-refractivity contribution in [1.82, 2.24) is 0 Å². The number of fused-ring (bicyclic) bond motifs is 1. The lowest BCUT2D eigenvalue weighted by Crippen LogP contribution is -2.20. The molecule has 21 heavy (non-hydrogen) atoms. The number of nitrogens with two attached hydrogens (primary N) is 1. The lowest BCUT2D eigenvalue weighted by Gasteiger charge is -2.23. The Balaban J connectivity index is 1.88. The van der Waals surface area contributed by atoms with E-state index in [-0.39, 0.29) is 5.92 Å². The fourth-order valence-electron chi connectivity index (χ4n) is 2.87. The van der Waals surface area contributed by atoms with E-state index in [1.807, 2.05) is 30.3 Å². The SMILES string of the molecule is Cc1ccc(C(CN)C(O)c2ccc3c(c2)COC3)cc1. The molecule has 110 valence electrons. The molecule has 3 heteroatoms. The van der Waals surface area contributed by atoms with Crippen LogP contribution >= 0.6 is 0 Å². The number of hydrogen-bond acceptors (Lipinski definition) is 3. The Hall–Kier alpha value is -1.68. The third-order valence-electron chi connectivity index (χ3n) is 4.23. The predicted octanol–water partition coefficient (Wildman–Crippen LogP) is 2.80. The zero-order valence-electron chi connectivity index (χ0n) is 12.3. The van der Waals surface area contributed by atoms with Crippen molar-refractivity contribution in [3.8, 4) is 0 Å². The van der Waals surface area contributed by atoms with Crippen molar-refractivity contribution >= 4 is 0 Å². The molecule has 1 aliphatic heterocycles. The van der Waals surface area contributed by atoms with Gasteiger partial charge in [-0.15, -0.1) is 0 Å². The monoisotopic (exact) mass is 283 g/mol. The highest BCUT2D eigenvalue weighted by molar-refractivity contribution is 5.36. The number of aryl methyl sites for hydroxylation is 1. The van der Waals surface area contributed by atoms with Crippen LogP contribution in [0.5, 0.6) is 0 Å². The van der Waals surface area contributed by atoms with Crippen molar-refractivity contribution in [1.29, 1.82) is 0 Å². The smallest absolute Gasteiger partial charge is 0.0870 e. The highest BCUT2D eigenvalue weighted by Gasteiger charge is 2.23. The normalized spacial score (nSPS) is 16.5. The van der Waals surface area contributed by atoms with Crippen molar-refractivity contribution in [2.75, 3.05) is 6.54 Å². The molecule has 0 radical (unpaired) electrons. The molecule has 2 unspecified atom stereocenters. The van der Waals surface area contributed by atoms with Crippen molar-refractivity contribution in [3.63, 3.8) is 0 Å². The van der Waals surface area contributed by atoms with E-state index in [1.165, 1.54) is 16.7 Å². The number of benzene rings is 2. The van der Waals surface area contributed by atoms with E-state index in [1.54, 1.807) is 0 Å². The molecule has 0 aromatic heterocycles. The molecule has 0 aliphatic carbocycles. The van der Waals surface area contributed by atoms with Gasteiger partial charge >= 0.3 is 0 Å². The Kier molecular flexibility index (Phi) is 4.06. The van der Waals surface area contributed by atoms with E-state index in [9.17, 15) is 5.11 Å². The molecule has 0 fully saturated rings. The van der Waals surface area contributed by atoms with Crippen molar-refractivity contribution in [3.05, 3.63) is 70.3 Å². The Labute approximate surface area is 125 Å². The van der Waals surface area contributed by atoms with Gasteiger partial charge in [0.15, 0.2) is 0 Å². The van der Waals surface area contributed by atoms with Crippen molar-refractivity contribution < 1.29 is 9.84 Å². The van der Waals surface area contributed by atoms with Gasteiger partial charge in [-0.2, -0.15) is 0 Å². The molecular formula is C18H21NO2. The number of ether oxygens (including phenoxy) is 1. The highest BCUT2D eigenvalue weighted by atomic mass is 16.5. The topological polar surface area (TPSA) is 55.5 Å². The quantitative estimate of drug-likeness (QED) is 0.907. The fourth-order valence-corrected chi connectivity index (χ4v) is 2.87. The molecular weight excluding hydrogens is 262 g/mol. The van der Waals surface area contributed by atoms with Gasteiger partial charge < -0.3 is 15.6 Å². The fraction of sp³-hybridized carbons (Fsp3) is 0.333. The van der Waals surface area contributed by atoms with Crippen LogP contribution in [0.3, 0.4) is 0 Å². The molecule has 3 rings (SSSR count). The summed E-state index contributed by atoms with van der Waals surface area (Å²) < 4.78 is 5.43. The minimum Gasteiger partial charge on any atom is -0.388 e. The first-order valence-electron chi connectivity index (χ1n) is 7.33. The molecule has 0 bridgehead atoms. The standard InChI is InChI=1S/C18H21NO2/c1-12-2-4-13(5-3-12)17(9-19)18(20)14-6-7-15-10-21-11-16(15)8-14/h2-8,17-18,20H,9-11,19H2,1H3. The average molecular weight is 283 g/mol. The van der Waals surface area contributed by atoms with E-state index in [2.05, 4.69) is 19.1 Å². The third kappa shape index (κ3) is 2.86. The summed E-state index contributed by atoms with van der Waals surface area (Å²) in [4.78, 5) is 0. The zero-order valence-corrected chi connectivity index (χ0v) is 12.3.